The highest BCUT2D eigenvalue weighted by molar-refractivity contribution is 6.30. The van der Waals surface area contributed by atoms with Gasteiger partial charge in [0.05, 0.1) is 0 Å². The van der Waals surface area contributed by atoms with Crippen LogP contribution in [0.1, 0.15) is 17.7 Å². The number of hydrogen-bond acceptors (Lipinski definition) is 1. The molecule has 1 unspecified atom stereocenters. The van der Waals surface area contributed by atoms with Gasteiger partial charge in [0.15, 0.2) is 0 Å². The molecule has 0 saturated carbocycles. The molecule has 102 valence electrons. The summed E-state index contributed by atoms with van der Waals surface area (Å²) in [5.41, 5.74) is 2.55. The third-order valence-corrected chi connectivity index (χ3v) is 4.08. The number of aromatic nitrogens is 2. The summed E-state index contributed by atoms with van der Waals surface area (Å²) in [6.45, 7) is 0. The van der Waals surface area contributed by atoms with E-state index in [9.17, 15) is 0 Å². The largest absolute Gasteiger partial charge is 0.273 e. The molecular formula is C15H18Cl2N2. The molecule has 1 aromatic heterocycles. The lowest BCUT2D eigenvalue weighted by Crippen LogP contribution is -2.09. The Morgan fingerprint density at radius 2 is 1.95 bits per heavy atom. The topological polar surface area (TPSA) is 17.8 Å². The van der Waals surface area contributed by atoms with Crippen LogP contribution in [0.15, 0.2) is 36.5 Å². The van der Waals surface area contributed by atoms with E-state index in [1.165, 1.54) is 11.3 Å². The van der Waals surface area contributed by atoms with Crippen molar-refractivity contribution in [2.75, 3.05) is 5.88 Å². The smallest absolute Gasteiger partial charge is 0.0492 e. The van der Waals surface area contributed by atoms with E-state index in [1.54, 1.807) is 0 Å². The summed E-state index contributed by atoms with van der Waals surface area (Å²) in [6, 6.07) is 10.1. The Bertz CT molecular complexity index is 505. The molecule has 0 amide bonds. The summed E-state index contributed by atoms with van der Waals surface area (Å²) < 4.78 is 1.92. The maximum atomic E-state index is 6.08. The van der Waals surface area contributed by atoms with Gasteiger partial charge in [0.2, 0.25) is 0 Å². The van der Waals surface area contributed by atoms with Crippen molar-refractivity contribution in [3.05, 3.63) is 52.8 Å². The summed E-state index contributed by atoms with van der Waals surface area (Å²) in [5.74, 6) is 1.17. The maximum Gasteiger partial charge on any atom is 0.0492 e. The Morgan fingerprint density at radius 1 is 1.21 bits per heavy atom. The van der Waals surface area contributed by atoms with Gasteiger partial charge < -0.3 is 0 Å². The van der Waals surface area contributed by atoms with E-state index in [1.807, 2.05) is 30.1 Å². The number of alkyl halides is 1. The van der Waals surface area contributed by atoms with E-state index in [-0.39, 0.29) is 0 Å². The van der Waals surface area contributed by atoms with Crippen molar-refractivity contribution in [1.82, 2.24) is 9.78 Å². The second-order valence-corrected chi connectivity index (χ2v) is 5.58. The van der Waals surface area contributed by atoms with Crippen molar-refractivity contribution in [2.24, 2.45) is 13.0 Å². The van der Waals surface area contributed by atoms with E-state index >= 15 is 0 Å². The summed E-state index contributed by atoms with van der Waals surface area (Å²) in [6.07, 6.45) is 4.93. The predicted octanol–water partition coefficient (Wildman–Crippen LogP) is 4.10. The number of nitrogens with zero attached hydrogens (tertiary/aromatic N) is 2. The number of hydrogen-bond donors (Lipinski definition) is 0. The van der Waals surface area contributed by atoms with Gasteiger partial charge in [0.25, 0.3) is 0 Å². The second-order valence-electron chi connectivity index (χ2n) is 4.84. The molecule has 2 rings (SSSR count). The molecule has 0 aliphatic rings. The van der Waals surface area contributed by atoms with Gasteiger partial charge in [-0.1, -0.05) is 23.7 Å². The van der Waals surface area contributed by atoms with Gasteiger partial charge in [-0.2, -0.15) is 5.10 Å². The fourth-order valence-electron chi connectivity index (χ4n) is 2.19. The minimum absolute atomic E-state index is 0.484. The monoisotopic (exact) mass is 296 g/mol. The zero-order chi connectivity index (χ0) is 13.7. The number of benzene rings is 1. The quantitative estimate of drug-likeness (QED) is 0.734. The highest BCUT2D eigenvalue weighted by Crippen LogP contribution is 2.18. The first-order chi connectivity index (χ1) is 9.19. The van der Waals surface area contributed by atoms with Gasteiger partial charge in [-0.3, -0.25) is 4.68 Å². The molecule has 0 aliphatic carbocycles. The standard InChI is InChI=1S/C15H18Cl2N2/c1-19-15(8-9-18-19)7-4-13(11-16)10-12-2-5-14(17)6-3-12/h2-3,5-6,8-9,13H,4,7,10-11H2,1H3. The predicted molar refractivity (Wildman–Crippen MR) is 80.9 cm³/mol. The molecule has 0 bridgehead atoms. The molecule has 4 heteroatoms. The number of halogens is 2. The Hall–Kier alpha value is -0.990. The highest BCUT2D eigenvalue weighted by Gasteiger charge is 2.10. The lowest BCUT2D eigenvalue weighted by Gasteiger charge is -2.14. The van der Waals surface area contributed by atoms with Crippen LogP contribution in [-0.4, -0.2) is 15.7 Å². The fraction of sp³-hybridized carbons (Fsp3) is 0.400. The molecule has 0 spiro atoms. The summed E-state index contributed by atoms with van der Waals surface area (Å²) in [7, 11) is 1.98. The van der Waals surface area contributed by atoms with Crippen LogP contribution in [0.5, 0.6) is 0 Å². The maximum absolute atomic E-state index is 6.08. The Kier molecular flexibility index (Phi) is 5.29. The zero-order valence-corrected chi connectivity index (χ0v) is 12.5. The summed E-state index contributed by atoms with van der Waals surface area (Å²) in [4.78, 5) is 0. The Labute approximate surface area is 124 Å². The van der Waals surface area contributed by atoms with Crippen molar-refractivity contribution in [3.63, 3.8) is 0 Å². The second kappa shape index (κ2) is 6.97. The van der Waals surface area contributed by atoms with Gasteiger partial charge in [-0.05, 0) is 48.9 Å². The van der Waals surface area contributed by atoms with Crippen molar-refractivity contribution in [1.29, 1.82) is 0 Å². The minimum atomic E-state index is 0.484. The first kappa shape index (κ1) is 14.4. The normalized spacial score (nSPS) is 12.6. The highest BCUT2D eigenvalue weighted by atomic mass is 35.5. The van der Waals surface area contributed by atoms with Crippen molar-refractivity contribution < 1.29 is 0 Å². The average Bonchev–Trinajstić information content (AvgIpc) is 2.82. The molecule has 1 atom stereocenters. The van der Waals surface area contributed by atoms with Gasteiger partial charge in [0.1, 0.15) is 0 Å². The molecule has 0 aliphatic heterocycles. The van der Waals surface area contributed by atoms with Crippen LogP contribution >= 0.6 is 23.2 Å². The number of rotatable bonds is 6. The van der Waals surface area contributed by atoms with Crippen LogP contribution in [0.2, 0.25) is 5.02 Å². The van der Waals surface area contributed by atoms with E-state index in [0.717, 1.165) is 24.3 Å². The van der Waals surface area contributed by atoms with Crippen LogP contribution in [0.4, 0.5) is 0 Å². The lowest BCUT2D eigenvalue weighted by molar-refractivity contribution is 0.523. The molecule has 0 radical (unpaired) electrons. The summed E-state index contributed by atoms with van der Waals surface area (Å²) in [5, 5.41) is 4.96. The van der Waals surface area contributed by atoms with Gasteiger partial charge in [0, 0.05) is 29.8 Å². The average molecular weight is 297 g/mol. The van der Waals surface area contributed by atoms with Gasteiger partial charge >= 0.3 is 0 Å². The van der Waals surface area contributed by atoms with Crippen LogP contribution < -0.4 is 0 Å². The fourth-order valence-corrected chi connectivity index (χ4v) is 2.58. The molecule has 1 heterocycles. The summed E-state index contributed by atoms with van der Waals surface area (Å²) >= 11 is 12.0. The van der Waals surface area contributed by atoms with Crippen LogP contribution in [0.3, 0.4) is 0 Å². The first-order valence-corrected chi connectivity index (χ1v) is 7.37. The SMILES string of the molecule is Cn1nccc1CCC(CCl)Cc1ccc(Cl)cc1. The van der Waals surface area contributed by atoms with Crippen molar-refractivity contribution in [2.45, 2.75) is 19.3 Å². The van der Waals surface area contributed by atoms with E-state index in [2.05, 4.69) is 23.3 Å². The van der Waals surface area contributed by atoms with Crippen LogP contribution in [0, 0.1) is 5.92 Å². The molecule has 19 heavy (non-hydrogen) atoms. The third kappa shape index (κ3) is 4.26. The number of aryl methyl sites for hydroxylation is 2. The van der Waals surface area contributed by atoms with Gasteiger partial charge in [-0.25, -0.2) is 0 Å². The molecular weight excluding hydrogens is 279 g/mol. The minimum Gasteiger partial charge on any atom is -0.273 e. The molecule has 1 aromatic carbocycles. The van der Waals surface area contributed by atoms with Crippen molar-refractivity contribution >= 4 is 23.2 Å². The molecule has 0 N–H and O–H groups in total. The molecule has 2 nitrogen and oxygen atoms in total. The van der Waals surface area contributed by atoms with E-state index in [4.69, 9.17) is 23.2 Å². The van der Waals surface area contributed by atoms with Crippen LogP contribution in [-0.2, 0) is 19.9 Å². The molecule has 0 saturated heterocycles. The molecule has 0 fully saturated rings. The third-order valence-electron chi connectivity index (χ3n) is 3.39. The lowest BCUT2D eigenvalue weighted by atomic mass is 9.96. The first-order valence-electron chi connectivity index (χ1n) is 6.46. The molecule has 2 aromatic rings. The van der Waals surface area contributed by atoms with Crippen LogP contribution in [0.25, 0.3) is 0 Å². The Morgan fingerprint density at radius 3 is 2.53 bits per heavy atom. The zero-order valence-electron chi connectivity index (χ0n) is 11.0. The van der Waals surface area contributed by atoms with E-state index < -0.39 is 0 Å². The van der Waals surface area contributed by atoms with E-state index in [0.29, 0.717) is 11.8 Å². The Balaban J connectivity index is 1.90. The van der Waals surface area contributed by atoms with Crippen molar-refractivity contribution in [3.8, 4) is 0 Å². The van der Waals surface area contributed by atoms with Gasteiger partial charge in [-0.15, -0.1) is 11.6 Å².